The molecular formula is C2H5GaNO4. The molecule has 5 nitrogen and oxygen atoms in total. The van der Waals surface area contributed by atoms with Crippen LogP contribution in [0.3, 0.4) is 0 Å². The van der Waals surface area contributed by atoms with Crippen molar-refractivity contribution in [1.29, 1.82) is 0 Å². The van der Waals surface area contributed by atoms with Crippen molar-refractivity contribution < 1.29 is 12.2 Å². The van der Waals surface area contributed by atoms with Crippen LogP contribution < -0.4 is 0 Å². The zero-order chi connectivity index (χ0) is 6.41. The fraction of sp³-hybridized carbons (Fsp3) is 1.00. The Morgan fingerprint density at radius 3 is 2.88 bits per heavy atom. The van der Waals surface area contributed by atoms with Gasteiger partial charge in [0.15, 0.2) is 0 Å². The molecule has 0 unspecified atom stereocenters. The molecule has 0 rings (SSSR count). The Morgan fingerprint density at radius 2 is 2.50 bits per heavy atom. The van der Waals surface area contributed by atoms with Gasteiger partial charge < -0.3 is 0 Å². The van der Waals surface area contributed by atoms with Crippen molar-refractivity contribution in [2.75, 3.05) is 6.61 Å². The molecule has 0 saturated carbocycles. The summed E-state index contributed by atoms with van der Waals surface area (Å²) in [5.74, 6) is 0. The van der Waals surface area contributed by atoms with Crippen molar-refractivity contribution in [3.05, 3.63) is 10.1 Å². The van der Waals surface area contributed by atoms with Gasteiger partial charge in [-0.15, -0.1) is 0 Å². The summed E-state index contributed by atoms with van der Waals surface area (Å²) in [5.41, 5.74) is 0. The standard InChI is InChI=1S/C2H5O.Ga.NO3/c1-2-3;;2-1(3)4/h2H2,1H3;;/q-1;+2;-1. The molecule has 0 aromatic heterocycles. The second-order valence-corrected chi connectivity index (χ2v) is 2.43. The minimum absolute atomic E-state index is 0.494. The van der Waals surface area contributed by atoms with Gasteiger partial charge in [-0.2, -0.15) is 0 Å². The Balaban J connectivity index is 2.82. The van der Waals surface area contributed by atoms with Crippen LogP contribution in [-0.2, 0) is 7.16 Å². The van der Waals surface area contributed by atoms with Crippen LogP contribution >= 0.6 is 0 Å². The molecule has 0 aliphatic carbocycles. The third kappa shape index (κ3) is 5.80. The Kier molecular flexibility index (Phi) is 4.82. The topological polar surface area (TPSA) is 61.6 Å². The van der Waals surface area contributed by atoms with E-state index >= 15 is 0 Å². The number of hydrogen-bond donors (Lipinski definition) is 0. The molecule has 0 bridgehead atoms. The zero-order valence-electron chi connectivity index (χ0n) is 4.36. The van der Waals surface area contributed by atoms with E-state index in [0.717, 1.165) is 0 Å². The third-order valence-corrected chi connectivity index (χ3v) is 1.89. The van der Waals surface area contributed by atoms with Gasteiger partial charge in [-0.25, -0.2) is 0 Å². The molecular weight excluding hydrogens is 172 g/mol. The molecule has 0 atom stereocenters. The summed E-state index contributed by atoms with van der Waals surface area (Å²) in [5, 5.41) is 8.59. The van der Waals surface area contributed by atoms with Gasteiger partial charge in [-0.05, 0) is 0 Å². The van der Waals surface area contributed by atoms with E-state index in [4.69, 9.17) is 0 Å². The molecule has 0 fully saturated rings. The van der Waals surface area contributed by atoms with Crippen LogP contribution in [0.1, 0.15) is 6.92 Å². The monoisotopic (exact) mass is 176 g/mol. The minimum atomic E-state index is -1.47. The van der Waals surface area contributed by atoms with E-state index in [1.54, 1.807) is 6.92 Å². The third-order valence-electron chi connectivity index (χ3n) is 0.364. The second kappa shape index (κ2) is 4.94. The average molecular weight is 177 g/mol. The molecule has 0 saturated heterocycles. The van der Waals surface area contributed by atoms with Crippen molar-refractivity contribution >= 4 is 18.1 Å². The predicted octanol–water partition coefficient (Wildman–Crippen LogP) is -0.235. The van der Waals surface area contributed by atoms with Crippen molar-refractivity contribution in [1.82, 2.24) is 0 Å². The van der Waals surface area contributed by atoms with Crippen molar-refractivity contribution in [2.45, 2.75) is 6.92 Å². The SMILES string of the molecule is CC[O][Ga][O][N+](=O)[O-]. The van der Waals surface area contributed by atoms with E-state index in [-0.39, 0.29) is 0 Å². The number of rotatable bonds is 4. The van der Waals surface area contributed by atoms with Crippen LogP contribution in [0.2, 0.25) is 0 Å². The van der Waals surface area contributed by atoms with E-state index in [9.17, 15) is 10.1 Å². The quantitative estimate of drug-likeness (QED) is 0.257. The molecule has 0 heterocycles. The Hall–Kier alpha value is -0.204. The summed E-state index contributed by atoms with van der Waals surface area (Å²) in [6, 6.07) is 0. The molecule has 0 N–H and O–H groups in total. The fourth-order valence-electron chi connectivity index (χ4n) is 0.134. The molecule has 0 aliphatic heterocycles. The van der Waals surface area contributed by atoms with Crippen LogP contribution in [0.25, 0.3) is 0 Å². The molecule has 0 aliphatic rings. The van der Waals surface area contributed by atoms with E-state index in [0.29, 0.717) is 6.61 Å². The van der Waals surface area contributed by atoms with Gasteiger partial charge in [0.2, 0.25) is 0 Å². The summed E-state index contributed by atoms with van der Waals surface area (Å²) in [7, 11) is 0. The van der Waals surface area contributed by atoms with Crippen LogP contribution in [-0.4, -0.2) is 29.8 Å². The van der Waals surface area contributed by atoms with Crippen LogP contribution in [0.4, 0.5) is 0 Å². The van der Waals surface area contributed by atoms with E-state index in [1.165, 1.54) is 0 Å². The zero-order valence-corrected chi connectivity index (χ0v) is 6.79. The number of nitrogens with zero attached hydrogens (tertiary/aromatic N) is 1. The maximum absolute atomic E-state index is 9.42. The van der Waals surface area contributed by atoms with Crippen LogP contribution in [0, 0.1) is 10.1 Å². The van der Waals surface area contributed by atoms with Crippen LogP contribution in [0.15, 0.2) is 0 Å². The Morgan fingerprint density at radius 1 is 1.88 bits per heavy atom. The van der Waals surface area contributed by atoms with Gasteiger partial charge >= 0.3 is 54.0 Å². The van der Waals surface area contributed by atoms with Crippen molar-refractivity contribution in [3.8, 4) is 0 Å². The van der Waals surface area contributed by atoms with Crippen molar-refractivity contribution in [2.24, 2.45) is 0 Å². The molecule has 0 spiro atoms. The van der Waals surface area contributed by atoms with Crippen molar-refractivity contribution in [3.63, 3.8) is 0 Å². The molecule has 0 aromatic rings. The molecule has 6 heteroatoms. The number of hydrogen-bond acceptors (Lipinski definition) is 4. The summed E-state index contributed by atoms with van der Waals surface area (Å²) in [6.45, 7) is 2.26. The van der Waals surface area contributed by atoms with Gasteiger partial charge in [0.1, 0.15) is 0 Å². The molecule has 8 heavy (non-hydrogen) atoms. The first-order valence-electron chi connectivity index (χ1n) is 2.01. The first-order chi connectivity index (χ1) is 3.77. The van der Waals surface area contributed by atoms with E-state index in [2.05, 4.69) is 7.16 Å². The molecule has 0 amide bonds. The second-order valence-electron chi connectivity index (χ2n) is 0.881. The van der Waals surface area contributed by atoms with E-state index in [1.807, 2.05) is 0 Å². The summed E-state index contributed by atoms with van der Waals surface area (Å²) < 4.78 is 8.58. The molecule has 1 radical (unpaired) electrons. The normalized spacial score (nSPS) is 8.12. The maximum atomic E-state index is 9.42. The Labute approximate surface area is 54.7 Å². The predicted molar refractivity (Wildman–Crippen MR) is 25.5 cm³/mol. The van der Waals surface area contributed by atoms with Gasteiger partial charge in [0, 0.05) is 0 Å². The first-order valence-corrected chi connectivity index (χ1v) is 3.99. The van der Waals surface area contributed by atoms with Gasteiger partial charge in [-0.1, -0.05) is 0 Å². The first kappa shape index (κ1) is 7.80. The molecule has 0 aromatic carbocycles. The molecule has 45 valence electrons. The Bertz CT molecular complexity index is 76.4. The summed E-state index contributed by atoms with van der Waals surface area (Å²) in [4.78, 5) is 9.42. The summed E-state index contributed by atoms with van der Waals surface area (Å²) >= 11 is -1.47. The van der Waals surface area contributed by atoms with Gasteiger partial charge in [0.25, 0.3) is 0 Å². The van der Waals surface area contributed by atoms with Gasteiger partial charge in [-0.3, -0.25) is 0 Å². The van der Waals surface area contributed by atoms with Crippen LogP contribution in [0.5, 0.6) is 0 Å². The average Bonchev–Trinajstić information content (AvgIpc) is 1.66. The van der Waals surface area contributed by atoms with E-state index < -0.39 is 23.2 Å². The van der Waals surface area contributed by atoms with Gasteiger partial charge in [0.05, 0.1) is 0 Å². The summed E-state index contributed by atoms with van der Waals surface area (Å²) in [6.07, 6.45) is 0. The fourth-order valence-corrected chi connectivity index (χ4v) is 0.694.